The second kappa shape index (κ2) is 11.7. The molecular formula is C26H37N3O3S. The average molecular weight is 472 g/mol. The number of alkyl carbamates (subject to hydrolysis) is 1. The molecule has 1 fully saturated rings. The summed E-state index contributed by atoms with van der Waals surface area (Å²) in [5, 5.41) is 5.34. The molecule has 1 saturated heterocycles. The first-order chi connectivity index (χ1) is 15.7. The average Bonchev–Trinajstić information content (AvgIpc) is 3.29. The van der Waals surface area contributed by atoms with Crippen LogP contribution >= 0.6 is 11.8 Å². The molecule has 3 rings (SSSR count). The monoisotopic (exact) mass is 471 g/mol. The van der Waals surface area contributed by atoms with Crippen molar-refractivity contribution in [2.75, 3.05) is 31.8 Å². The molecule has 7 heteroatoms. The third-order valence-corrected chi connectivity index (χ3v) is 6.57. The first-order valence-electron chi connectivity index (χ1n) is 11.7. The lowest BCUT2D eigenvalue weighted by Gasteiger charge is -2.26. The van der Waals surface area contributed by atoms with E-state index >= 15 is 0 Å². The van der Waals surface area contributed by atoms with Crippen LogP contribution in [0.4, 0.5) is 4.79 Å². The number of benzene rings is 2. The number of rotatable bonds is 9. The maximum absolute atomic E-state index is 13.0. The summed E-state index contributed by atoms with van der Waals surface area (Å²) in [6.07, 6.45) is 1.90. The van der Waals surface area contributed by atoms with Crippen LogP contribution in [0.25, 0.3) is 10.8 Å². The van der Waals surface area contributed by atoms with Gasteiger partial charge < -0.3 is 19.9 Å². The third kappa shape index (κ3) is 8.23. The Balaban J connectivity index is 1.48. The molecule has 0 saturated carbocycles. The highest BCUT2D eigenvalue weighted by Gasteiger charge is 2.29. The van der Waals surface area contributed by atoms with Gasteiger partial charge in [0.25, 0.3) is 0 Å². The fourth-order valence-corrected chi connectivity index (χ4v) is 4.93. The Morgan fingerprint density at radius 1 is 1.15 bits per heavy atom. The summed E-state index contributed by atoms with van der Waals surface area (Å²) in [7, 11) is 2.12. The molecule has 33 heavy (non-hydrogen) atoms. The molecule has 0 bridgehead atoms. The quantitative estimate of drug-likeness (QED) is 0.529. The molecule has 0 radical (unpaired) electrons. The summed E-state index contributed by atoms with van der Waals surface area (Å²) in [6.45, 7) is 8.03. The lowest BCUT2D eigenvalue weighted by molar-refractivity contribution is -0.132. The molecule has 1 atom stereocenters. The number of nitrogens with zero attached hydrogens (tertiary/aromatic N) is 2. The summed E-state index contributed by atoms with van der Waals surface area (Å²) in [6, 6.07) is 14.5. The maximum Gasteiger partial charge on any atom is 0.408 e. The molecule has 0 aromatic heterocycles. The number of hydrogen-bond acceptors (Lipinski definition) is 5. The normalized spacial score (nSPS) is 15.1. The van der Waals surface area contributed by atoms with Crippen LogP contribution in [0.15, 0.2) is 42.5 Å². The Bertz CT molecular complexity index is 938. The molecule has 180 valence electrons. The van der Waals surface area contributed by atoms with E-state index in [1.165, 1.54) is 16.3 Å². The number of unbranched alkanes of at least 4 members (excludes halogenated alkanes) is 1. The molecule has 1 heterocycles. The number of hydrogen-bond donors (Lipinski definition) is 1. The summed E-state index contributed by atoms with van der Waals surface area (Å²) < 4.78 is 5.39. The van der Waals surface area contributed by atoms with Crippen LogP contribution < -0.4 is 5.32 Å². The minimum Gasteiger partial charge on any atom is -0.444 e. The molecule has 2 aromatic rings. The Labute approximate surface area is 202 Å². The van der Waals surface area contributed by atoms with Crippen LogP contribution in [0, 0.1) is 0 Å². The van der Waals surface area contributed by atoms with E-state index in [4.69, 9.17) is 4.74 Å². The number of carbonyl (C=O) groups is 2. The number of thioether (sulfide) groups is 1. The predicted molar refractivity (Wildman–Crippen MR) is 136 cm³/mol. The molecular weight excluding hydrogens is 434 g/mol. The molecule has 2 amide bonds. The zero-order valence-electron chi connectivity index (χ0n) is 20.3. The molecule has 0 aliphatic carbocycles. The van der Waals surface area contributed by atoms with E-state index in [9.17, 15) is 9.59 Å². The van der Waals surface area contributed by atoms with Gasteiger partial charge in [-0.2, -0.15) is 0 Å². The molecule has 1 N–H and O–H groups in total. The number of amides is 2. The van der Waals surface area contributed by atoms with Gasteiger partial charge in [0.15, 0.2) is 0 Å². The molecule has 2 aromatic carbocycles. The predicted octanol–water partition coefficient (Wildman–Crippen LogP) is 4.87. The van der Waals surface area contributed by atoms with Crippen LogP contribution in [0.2, 0.25) is 0 Å². The second-order valence-corrected chi connectivity index (χ2v) is 10.8. The Kier molecular flexibility index (Phi) is 9.03. The van der Waals surface area contributed by atoms with E-state index < -0.39 is 17.7 Å². The lowest BCUT2D eigenvalue weighted by atomic mass is 10.1. The van der Waals surface area contributed by atoms with Crippen LogP contribution in [0.5, 0.6) is 0 Å². The van der Waals surface area contributed by atoms with Crippen molar-refractivity contribution in [3.63, 3.8) is 0 Å². The van der Waals surface area contributed by atoms with E-state index in [1.54, 1.807) is 11.8 Å². The van der Waals surface area contributed by atoms with Crippen molar-refractivity contribution < 1.29 is 14.3 Å². The zero-order chi connectivity index (χ0) is 23.8. The van der Waals surface area contributed by atoms with Crippen LogP contribution in [0.3, 0.4) is 0 Å². The van der Waals surface area contributed by atoms with Crippen molar-refractivity contribution in [3.8, 4) is 0 Å². The summed E-state index contributed by atoms with van der Waals surface area (Å²) >= 11 is 1.74. The standard InChI is InChI=1S/C26H37N3O3S/c1-26(2,3)32-25(31)27-23(24(30)29-15-16-33-19-29)11-7-8-14-28(4)18-20-12-13-21-9-5-6-10-22(21)17-20/h5-6,9-10,12-13,17,23H,7-8,11,14-16,18-19H2,1-4H3,(H,27,31)/t23-/m0/s1. The van der Waals surface area contributed by atoms with E-state index in [0.717, 1.165) is 38.2 Å². The van der Waals surface area contributed by atoms with Crippen LogP contribution in [-0.4, -0.2) is 65.2 Å². The number of nitrogens with one attached hydrogen (secondary N) is 1. The van der Waals surface area contributed by atoms with Crippen molar-refractivity contribution in [1.29, 1.82) is 0 Å². The van der Waals surface area contributed by atoms with Gasteiger partial charge >= 0.3 is 6.09 Å². The van der Waals surface area contributed by atoms with Crippen LogP contribution in [-0.2, 0) is 16.1 Å². The number of carbonyl (C=O) groups excluding carboxylic acids is 2. The van der Waals surface area contributed by atoms with Crippen molar-refractivity contribution >= 4 is 34.5 Å². The van der Waals surface area contributed by atoms with E-state index in [2.05, 4.69) is 59.7 Å². The summed E-state index contributed by atoms with van der Waals surface area (Å²) in [5.41, 5.74) is 0.703. The van der Waals surface area contributed by atoms with E-state index in [-0.39, 0.29) is 5.91 Å². The zero-order valence-corrected chi connectivity index (χ0v) is 21.1. The first-order valence-corrected chi connectivity index (χ1v) is 12.9. The van der Waals surface area contributed by atoms with Crippen LogP contribution in [0.1, 0.15) is 45.6 Å². The highest BCUT2D eigenvalue weighted by Crippen LogP contribution is 2.18. The highest BCUT2D eigenvalue weighted by atomic mass is 32.2. The molecule has 1 aliphatic rings. The highest BCUT2D eigenvalue weighted by molar-refractivity contribution is 7.99. The lowest BCUT2D eigenvalue weighted by Crippen LogP contribution is -2.49. The van der Waals surface area contributed by atoms with Crippen molar-refractivity contribution in [1.82, 2.24) is 15.1 Å². The number of fused-ring (bicyclic) bond motifs is 1. The smallest absolute Gasteiger partial charge is 0.408 e. The van der Waals surface area contributed by atoms with Gasteiger partial charge in [0.1, 0.15) is 11.6 Å². The summed E-state index contributed by atoms with van der Waals surface area (Å²) in [4.78, 5) is 29.4. The Hall–Kier alpha value is -2.25. The van der Waals surface area contributed by atoms with Gasteiger partial charge in [0, 0.05) is 18.8 Å². The van der Waals surface area contributed by atoms with Gasteiger partial charge in [0.2, 0.25) is 5.91 Å². The fourth-order valence-electron chi connectivity index (χ4n) is 3.97. The minimum absolute atomic E-state index is 0.00428. The summed E-state index contributed by atoms with van der Waals surface area (Å²) in [5.74, 6) is 1.64. The first kappa shape index (κ1) is 25.4. The minimum atomic E-state index is -0.591. The maximum atomic E-state index is 13.0. The van der Waals surface area contributed by atoms with Gasteiger partial charge in [0.05, 0.1) is 5.88 Å². The van der Waals surface area contributed by atoms with Gasteiger partial charge in [-0.15, -0.1) is 11.8 Å². The second-order valence-electron chi connectivity index (χ2n) is 9.75. The van der Waals surface area contributed by atoms with Gasteiger partial charge in [-0.25, -0.2) is 4.79 Å². The topological polar surface area (TPSA) is 61.9 Å². The van der Waals surface area contributed by atoms with Crippen molar-refractivity contribution in [3.05, 3.63) is 48.0 Å². The fraction of sp³-hybridized carbons (Fsp3) is 0.538. The third-order valence-electron chi connectivity index (χ3n) is 5.60. The largest absolute Gasteiger partial charge is 0.444 e. The Morgan fingerprint density at radius 3 is 2.61 bits per heavy atom. The molecule has 1 aliphatic heterocycles. The van der Waals surface area contributed by atoms with E-state index in [1.807, 2.05) is 25.7 Å². The van der Waals surface area contributed by atoms with Gasteiger partial charge in [-0.05, 0) is 76.0 Å². The van der Waals surface area contributed by atoms with E-state index in [0.29, 0.717) is 12.3 Å². The number of ether oxygens (including phenoxy) is 1. The molecule has 0 spiro atoms. The van der Waals surface area contributed by atoms with Crippen molar-refractivity contribution in [2.45, 2.75) is 58.2 Å². The van der Waals surface area contributed by atoms with Gasteiger partial charge in [-0.3, -0.25) is 4.79 Å². The molecule has 0 unspecified atom stereocenters. The molecule has 6 nitrogen and oxygen atoms in total. The van der Waals surface area contributed by atoms with Gasteiger partial charge in [-0.1, -0.05) is 36.4 Å². The Morgan fingerprint density at radius 2 is 1.91 bits per heavy atom. The van der Waals surface area contributed by atoms with Crippen molar-refractivity contribution in [2.24, 2.45) is 0 Å². The SMILES string of the molecule is CN(CCCC[C@H](NC(=O)OC(C)(C)C)C(=O)N1CCSC1)Cc1ccc2ccccc2c1.